The van der Waals surface area contributed by atoms with Gasteiger partial charge in [0.1, 0.15) is 16.7 Å². The van der Waals surface area contributed by atoms with Gasteiger partial charge in [0.15, 0.2) is 5.58 Å². The van der Waals surface area contributed by atoms with Crippen molar-refractivity contribution in [2.24, 2.45) is 0 Å². The Labute approximate surface area is 287 Å². The van der Waals surface area contributed by atoms with Crippen molar-refractivity contribution in [2.45, 2.75) is 0 Å². The van der Waals surface area contributed by atoms with Crippen LogP contribution in [0.3, 0.4) is 0 Å². The summed E-state index contributed by atoms with van der Waals surface area (Å²) in [5, 5.41) is 7.16. The first kappa shape index (κ1) is 27.0. The molecule has 0 aliphatic rings. The number of fused-ring (bicyclic) bond motifs is 10. The van der Waals surface area contributed by atoms with E-state index in [0.717, 1.165) is 55.7 Å². The molecule has 11 aromatic rings. The average molecular weight is 665 g/mol. The van der Waals surface area contributed by atoms with Crippen LogP contribution in [-0.4, -0.2) is 4.98 Å². The fourth-order valence-electron chi connectivity index (χ4n) is 7.25. The van der Waals surface area contributed by atoms with Gasteiger partial charge >= 0.3 is 0 Å². The van der Waals surface area contributed by atoms with Gasteiger partial charge in [-0.2, -0.15) is 0 Å². The highest BCUT2D eigenvalue weighted by molar-refractivity contribution is 7.26. The Kier molecular flexibility index (Phi) is 5.67. The first-order valence-corrected chi connectivity index (χ1v) is 17.8. The molecule has 0 atom stereocenters. The van der Waals surface area contributed by atoms with Gasteiger partial charge in [-0.3, -0.25) is 0 Å². The molecular weight excluding hydrogens is 641 g/mol. The van der Waals surface area contributed by atoms with Crippen LogP contribution >= 0.6 is 22.7 Å². The van der Waals surface area contributed by atoms with Crippen LogP contribution in [0.5, 0.6) is 0 Å². The third kappa shape index (κ3) is 4.11. The lowest BCUT2D eigenvalue weighted by atomic mass is 10.1. The van der Waals surface area contributed by atoms with Crippen LogP contribution in [0, 0.1) is 0 Å². The van der Waals surface area contributed by atoms with Crippen LogP contribution in [0.4, 0.5) is 17.1 Å². The Morgan fingerprint density at radius 1 is 0.449 bits per heavy atom. The highest BCUT2D eigenvalue weighted by atomic mass is 32.1. The molecule has 230 valence electrons. The molecule has 6 heteroatoms. The number of benzene rings is 7. The molecule has 49 heavy (non-hydrogen) atoms. The summed E-state index contributed by atoms with van der Waals surface area (Å²) >= 11 is 3.63. The van der Waals surface area contributed by atoms with E-state index in [1.807, 2.05) is 53.8 Å². The first-order chi connectivity index (χ1) is 24.2. The summed E-state index contributed by atoms with van der Waals surface area (Å²) in [5.74, 6) is 0.646. The quantitative estimate of drug-likeness (QED) is 0.188. The molecule has 0 aliphatic carbocycles. The summed E-state index contributed by atoms with van der Waals surface area (Å²) in [4.78, 5) is 7.27. The molecule has 0 fully saturated rings. The maximum atomic E-state index is 6.24. The molecule has 0 unspecified atom stereocenters. The molecule has 4 heterocycles. The second-order valence-corrected chi connectivity index (χ2v) is 14.5. The van der Waals surface area contributed by atoms with Crippen molar-refractivity contribution >= 4 is 113 Å². The van der Waals surface area contributed by atoms with Crippen molar-refractivity contribution in [3.63, 3.8) is 0 Å². The van der Waals surface area contributed by atoms with E-state index in [-0.39, 0.29) is 0 Å². The number of para-hydroxylation sites is 1. The Hall–Kier alpha value is -5.95. The number of anilines is 3. The fourth-order valence-corrected chi connectivity index (χ4v) is 9.53. The lowest BCUT2D eigenvalue weighted by Gasteiger charge is -2.26. The minimum Gasteiger partial charge on any atom is -0.456 e. The number of oxazole rings is 1. The van der Waals surface area contributed by atoms with Gasteiger partial charge in [-0.25, -0.2) is 4.98 Å². The number of hydrogen-bond donors (Lipinski definition) is 0. The number of furan rings is 1. The van der Waals surface area contributed by atoms with Gasteiger partial charge < -0.3 is 13.7 Å². The van der Waals surface area contributed by atoms with Gasteiger partial charge in [-0.15, -0.1) is 22.7 Å². The van der Waals surface area contributed by atoms with Gasteiger partial charge in [-0.05, 0) is 72.8 Å². The van der Waals surface area contributed by atoms with Gasteiger partial charge in [-0.1, -0.05) is 66.7 Å². The van der Waals surface area contributed by atoms with Crippen molar-refractivity contribution in [1.82, 2.24) is 4.98 Å². The molecule has 0 amide bonds. The minimum absolute atomic E-state index is 0.646. The van der Waals surface area contributed by atoms with Crippen LogP contribution in [0.2, 0.25) is 0 Å². The van der Waals surface area contributed by atoms with Gasteiger partial charge in [0, 0.05) is 74.1 Å². The van der Waals surface area contributed by atoms with E-state index in [4.69, 9.17) is 13.8 Å². The van der Waals surface area contributed by atoms with E-state index in [9.17, 15) is 0 Å². The predicted octanol–water partition coefficient (Wildman–Crippen LogP) is 13.6. The highest BCUT2D eigenvalue weighted by Crippen LogP contribution is 2.47. The molecule has 7 aromatic carbocycles. The smallest absolute Gasteiger partial charge is 0.227 e. The largest absolute Gasteiger partial charge is 0.456 e. The summed E-state index contributed by atoms with van der Waals surface area (Å²) < 4.78 is 17.4. The summed E-state index contributed by atoms with van der Waals surface area (Å²) in [6, 6.07) is 51.4. The summed E-state index contributed by atoms with van der Waals surface area (Å²) in [7, 11) is 0. The second-order valence-electron chi connectivity index (χ2n) is 12.3. The zero-order valence-electron chi connectivity index (χ0n) is 25.9. The van der Waals surface area contributed by atoms with Gasteiger partial charge in [0.05, 0.1) is 5.69 Å². The van der Waals surface area contributed by atoms with Gasteiger partial charge in [0.25, 0.3) is 0 Å². The van der Waals surface area contributed by atoms with Crippen molar-refractivity contribution in [2.75, 3.05) is 4.90 Å². The molecule has 0 radical (unpaired) electrons. The van der Waals surface area contributed by atoms with Crippen LogP contribution in [0.25, 0.3) is 84.8 Å². The zero-order valence-corrected chi connectivity index (χ0v) is 27.5. The molecule has 0 saturated carbocycles. The predicted molar refractivity (Wildman–Crippen MR) is 207 cm³/mol. The molecule has 0 bridgehead atoms. The second kappa shape index (κ2) is 10.3. The van der Waals surface area contributed by atoms with Crippen molar-refractivity contribution in [1.29, 1.82) is 0 Å². The summed E-state index contributed by atoms with van der Waals surface area (Å²) in [6.45, 7) is 0. The minimum atomic E-state index is 0.646. The van der Waals surface area contributed by atoms with E-state index < -0.39 is 0 Å². The number of rotatable bonds is 4. The van der Waals surface area contributed by atoms with E-state index in [0.29, 0.717) is 5.89 Å². The molecule has 4 aromatic heterocycles. The van der Waals surface area contributed by atoms with Crippen LogP contribution in [0.15, 0.2) is 154 Å². The molecule has 4 nitrogen and oxygen atoms in total. The fraction of sp³-hybridized carbons (Fsp3) is 0. The molecule has 0 N–H and O–H groups in total. The normalized spacial score (nSPS) is 12.1. The zero-order chi connectivity index (χ0) is 32.1. The lowest BCUT2D eigenvalue weighted by Crippen LogP contribution is -2.10. The third-order valence-electron chi connectivity index (χ3n) is 9.48. The molecular formula is C43H24N2O2S2. The van der Waals surface area contributed by atoms with Crippen molar-refractivity contribution < 1.29 is 8.83 Å². The lowest BCUT2D eigenvalue weighted by molar-refractivity contribution is 0.620. The van der Waals surface area contributed by atoms with Crippen LogP contribution < -0.4 is 4.90 Å². The Balaban J connectivity index is 1.13. The van der Waals surface area contributed by atoms with Crippen molar-refractivity contribution in [3.05, 3.63) is 146 Å². The monoisotopic (exact) mass is 664 g/mol. The van der Waals surface area contributed by atoms with Crippen molar-refractivity contribution in [3.8, 4) is 11.5 Å². The number of aromatic nitrogens is 1. The Bertz CT molecular complexity index is 3080. The molecule has 0 spiro atoms. The third-order valence-corrected chi connectivity index (χ3v) is 11.7. The Morgan fingerprint density at radius 3 is 2.12 bits per heavy atom. The van der Waals surface area contributed by atoms with E-state index in [1.54, 1.807) is 11.3 Å². The number of thiophene rings is 2. The number of nitrogens with zero attached hydrogens (tertiary/aromatic N) is 2. The van der Waals surface area contributed by atoms with E-state index in [2.05, 4.69) is 108 Å². The average Bonchev–Trinajstić information content (AvgIpc) is 3.92. The maximum Gasteiger partial charge on any atom is 0.227 e. The van der Waals surface area contributed by atoms with E-state index >= 15 is 0 Å². The van der Waals surface area contributed by atoms with Crippen LogP contribution in [-0.2, 0) is 0 Å². The standard InChI is InChI=1S/C43H24N2O2S2/c1-2-9-25(10-3-1)43-44-33-23-32-29-19-17-27(22-40(29)49-41(32)24-37(33)47-43)45(26-18-20-36-31(21-26)28-11-4-6-14-35(28)46-36)34-13-8-16-39-42(34)30-12-5-7-15-38(30)48-39/h1-24H. The summed E-state index contributed by atoms with van der Waals surface area (Å²) in [5.41, 5.74) is 7.76. The Morgan fingerprint density at radius 2 is 1.18 bits per heavy atom. The molecule has 11 rings (SSSR count). The van der Waals surface area contributed by atoms with E-state index in [1.165, 1.54) is 40.3 Å². The molecule has 0 aliphatic heterocycles. The SMILES string of the molecule is c1ccc(-c2nc3cc4c(cc3o2)sc2cc(N(c3ccc5oc6ccccc6c5c3)c3cccc5sc6ccccc6c35)ccc24)cc1. The summed E-state index contributed by atoms with van der Waals surface area (Å²) in [6.07, 6.45) is 0. The highest BCUT2D eigenvalue weighted by Gasteiger charge is 2.21. The topological polar surface area (TPSA) is 42.4 Å². The maximum absolute atomic E-state index is 6.24. The number of hydrogen-bond acceptors (Lipinski definition) is 6. The van der Waals surface area contributed by atoms with Gasteiger partial charge in [0.2, 0.25) is 5.89 Å². The van der Waals surface area contributed by atoms with Crippen LogP contribution in [0.1, 0.15) is 0 Å². The first-order valence-electron chi connectivity index (χ1n) is 16.2. The molecule has 0 saturated heterocycles.